The summed E-state index contributed by atoms with van der Waals surface area (Å²) in [5, 5.41) is 3.53. The van der Waals surface area contributed by atoms with E-state index in [0.29, 0.717) is 6.04 Å². The van der Waals surface area contributed by atoms with Gasteiger partial charge in [0, 0.05) is 58.5 Å². The second kappa shape index (κ2) is 9.70. The van der Waals surface area contributed by atoms with Crippen molar-refractivity contribution in [3.05, 3.63) is 0 Å². The van der Waals surface area contributed by atoms with Crippen LogP contribution in [-0.2, 0) is 4.74 Å². The van der Waals surface area contributed by atoms with Crippen LogP contribution in [0.1, 0.15) is 33.6 Å². The van der Waals surface area contributed by atoms with Crippen molar-refractivity contribution in [2.45, 2.75) is 45.7 Å². The fourth-order valence-corrected chi connectivity index (χ4v) is 2.66. The second-order valence-corrected chi connectivity index (χ2v) is 5.73. The molecule has 0 spiro atoms. The largest absolute Gasteiger partial charge is 0.385 e. The van der Waals surface area contributed by atoms with E-state index in [1.54, 1.807) is 7.11 Å². The maximum Gasteiger partial charge on any atom is 0.0474 e. The van der Waals surface area contributed by atoms with E-state index >= 15 is 0 Å². The molecule has 1 heterocycles. The smallest absolute Gasteiger partial charge is 0.0474 e. The molecule has 0 saturated carbocycles. The van der Waals surface area contributed by atoms with Crippen LogP contribution in [0.5, 0.6) is 0 Å². The molecule has 0 bridgehead atoms. The number of piperazine rings is 1. The Balaban J connectivity index is 2.12. The molecule has 0 radical (unpaired) electrons. The lowest BCUT2D eigenvalue weighted by Crippen LogP contribution is -2.53. The van der Waals surface area contributed by atoms with E-state index in [0.717, 1.165) is 32.2 Å². The molecule has 1 aliphatic rings. The number of rotatable bonds is 9. The molecular formula is C15H33N3O. The van der Waals surface area contributed by atoms with Gasteiger partial charge in [-0.25, -0.2) is 0 Å². The van der Waals surface area contributed by atoms with Crippen molar-refractivity contribution in [3.63, 3.8) is 0 Å². The molecule has 0 aliphatic carbocycles. The van der Waals surface area contributed by atoms with Crippen LogP contribution in [0.15, 0.2) is 0 Å². The van der Waals surface area contributed by atoms with Gasteiger partial charge >= 0.3 is 0 Å². The quantitative estimate of drug-likeness (QED) is 0.642. The molecule has 0 amide bonds. The monoisotopic (exact) mass is 271 g/mol. The third kappa shape index (κ3) is 6.21. The van der Waals surface area contributed by atoms with Gasteiger partial charge in [0.15, 0.2) is 0 Å². The van der Waals surface area contributed by atoms with E-state index < -0.39 is 0 Å². The normalized spacial score (nSPS) is 21.5. The van der Waals surface area contributed by atoms with E-state index in [-0.39, 0.29) is 0 Å². The number of hydrogen-bond acceptors (Lipinski definition) is 4. The average molecular weight is 271 g/mol. The molecule has 4 nitrogen and oxygen atoms in total. The second-order valence-electron chi connectivity index (χ2n) is 5.73. The van der Waals surface area contributed by atoms with Gasteiger partial charge in [-0.15, -0.1) is 0 Å². The molecule has 19 heavy (non-hydrogen) atoms. The number of hydrogen-bond donors (Lipinski definition) is 1. The van der Waals surface area contributed by atoms with Crippen LogP contribution in [0.3, 0.4) is 0 Å². The number of nitrogens with one attached hydrogen (secondary N) is 1. The minimum atomic E-state index is 0.640. The first-order chi connectivity index (χ1) is 9.19. The lowest BCUT2D eigenvalue weighted by molar-refractivity contribution is 0.0770. The van der Waals surface area contributed by atoms with Crippen LogP contribution in [0, 0.1) is 0 Å². The van der Waals surface area contributed by atoms with Crippen molar-refractivity contribution in [3.8, 4) is 0 Å². The van der Waals surface area contributed by atoms with Crippen LogP contribution in [0.4, 0.5) is 0 Å². The summed E-state index contributed by atoms with van der Waals surface area (Å²) in [5.41, 5.74) is 0. The van der Waals surface area contributed by atoms with Crippen molar-refractivity contribution in [1.82, 2.24) is 15.1 Å². The highest BCUT2D eigenvalue weighted by atomic mass is 16.5. The molecule has 114 valence electrons. The van der Waals surface area contributed by atoms with E-state index in [4.69, 9.17) is 4.74 Å². The van der Waals surface area contributed by atoms with Gasteiger partial charge in [-0.2, -0.15) is 0 Å². The van der Waals surface area contributed by atoms with E-state index in [1.807, 2.05) is 0 Å². The van der Waals surface area contributed by atoms with Crippen molar-refractivity contribution in [1.29, 1.82) is 0 Å². The standard InChI is InChI=1S/C15H33N3O/c1-5-14(2)17-8-10-18(11-9-17)15(3)13-16-7-6-12-19-4/h14-16H,5-13H2,1-4H3. The molecular weight excluding hydrogens is 238 g/mol. The summed E-state index contributed by atoms with van der Waals surface area (Å²) in [6.07, 6.45) is 2.36. The minimum Gasteiger partial charge on any atom is -0.385 e. The Morgan fingerprint density at radius 3 is 2.16 bits per heavy atom. The maximum absolute atomic E-state index is 5.05. The first kappa shape index (κ1) is 16.9. The van der Waals surface area contributed by atoms with E-state index in [1.165, 1.54) is 32.6 Å². The molecule has 0 aromatic rings. The Morgan fingerprint density at radius 1 is 1.05 bits per heavy atom. The summed E-state index contributed by atoms with van der Waals surface area (Å²) in [6.45, 7) is 14.8. The zero-order valence-electron chi connectivity index (χ0n) is 13.3. The Hall–Kier alpha value is -0.160. The molecule has 1 N–H and O–H groups in total. The average Bonchev–Trinajstić information content (AvgIpc) is 2.46. The first-order valence-electron chi connectivity index (χ1n) is 7.86. The van der Waals surface area contributed by atoms with Gasteiger partial charge in [-0.3, -0.25) is 9.80 Å². The van der Waals surface area contributed by atoms with Crippen LogP contribution < -0.4 is 5.32 Å². The summed E-state index contributed by atoms with van der Waals surface area (Å²) in [6, 6.07) is 1.38. The topological polar surface area (TPSA) is 27.7 Å². The van der Waals surface area contributed by atoms with Gasteiger partial charge in [-0.1, -0.05) is 6.92 Å². The highest BCUT2D eigenvalue weighted by molar-refractivity contribution is 4.79. The van der Waals surface area contributed by atoms with Gasteiger partial charge in [0.05, 0.1) is 0 Å². The lowest BCUT2D eigenvalue weighted by Gasteiger charge is -2.40. The predicted octanol–water partition coefficient (Wildman–Crippen LogP) is 1.42. The summed E-state index contributed by atoms with van der Waals surface area (Å²) in [4.78, 5) is 5.23. The number of methoxy groups -OCH3 is 1. The van der Waals surface area contributed by atoms with Crippen molar-refractivity contribution in [2.24, 2.45) is 0 Å². The molecule has 1 aliphatic heterocycles. The number of ether oxygens (including phenoxy) is 1. The zero-order chi connectivity index (χ0) is 14.1. The highest BCUT2D eigenvalue weighted by Gasteiger charge is 2.22. The molecule has 1 fully saturated rings. The van der Waals surface area contributed by atoms with E-state index in [2.05, 4.69) is 35.9 Å². The molecule has 2 unspecified atom stereocenters. The Morgan fingerprint density at radius 2 is 1.63 bits per heavy atom. The molecule has 1 saturated heterocycles. The minimum absolute atomic E-state index is 0.640. The first-order valence-corrected chi connectivity index (χ1v) is 7.86. The van der Waals surface area contributed by atoms with Crippen molar-refractivity contribution in [2.75, 3.05) is 53.0 Å². The Kier molecular flexibility index (Phi) is 8.62. The summed E-state index contributed by atoms with van der Waals surface area (Å²) in [7, 11) is 1.76. The van der Waals surface area contributed by atoms with Crippen molar-refractivity contribution < 1.29 is 4.74 Å². The van der Waals surface area contributed by atoms with Gasteiger partial charge in [0.2, 0.25) is 0 Å². The van der Waals surface area contributed by atoms with Gasteiger partial charge in [0.1, 0.15) is 0 Å². The summed E-state index contributed by atoms with van der Waals surface area (Å²) >= 11 is 0. The summed E-state index contributed by atoms with van der Waals surface area (Å²) < 4.78 is 5.05. The fourth-order valence-electron chi connectivity index (χ4n) is 2.66. The Labute approximate surface area is 119 Å². The van der Waals surface area contributed by atoms with Crippen LogP contribution in [-0.4, -0.2) is 74.9 Å². The molecule has 1 rings (SSSR count). The van der Waals surface area contributed by atoms with Crippen LogP contribution in [0.2, 0.25) is 0 Å². The van der Waals surface area contributed by atoms with Crippen LogP contribution >= 0.6 is 0 Å². The van der Waals surface area contributed by atoms with Crippen LogP contribution in [0.25, 0.3) is 0 Å². The third-order valence-corrected chi connectivity index (χ3v) is 4.33. The van der Waals surface area contributed by atoms with Gasteiger partial charge in [-0.05, 0) is 33.2 Å². The Bertz CT molecular complexity index is 217. The maximum atomic E-state index is 5.05. The molecule has 4 heteroatoms. The SMILES string of the molecule is CCC(C)N1CCN(C(C)CNCCCOC)CC1. The number of nitrogens with zero attached hydrogens (tertiary/aromatic N) is 2. The summed E-state index contributed by atoms with van der Waals surface area (Å²) in [5.74, 6) is 0. The van der Waals surface area contributed by atoms with Crippen molar-refractivity contribution >= 4 is 0 Å². The predicted molar refractivity (Wildman–Crippen MR) is 81.7 cm³/mol. The molecule has 0 aromatic heterocycles. The third-order valence-electron chi connectivity index (χ3n) is 4.33. The molecule has 2 atom stereocenters. The zero-order valence-corrected chi connectivity index (χ0v) is 13.3. The highest BCUT2D eigenvalue weighted by Crippen LogP contribution is 2.10. The van der Waals surface area contributed by atoms with E-state index in [9.17, 15) is 0 Å². The fraction of sp³-hybridized carbons (Fsp3) is 1.00. The van der Waals surface area contributed by atoms with Gasteiger partial charge < -0.3 is 10.1 Å². The lowest BCUT2D eigenvalue weighted by atomic mass is 10.1. The molecule has 0 aromatic carbocycles. The van der Waals surface area contributed by atoms with Gasteiger partial charge in [0.25, 0.3) is 0 Å².